The highest BCUT2D eigenvalue weighted by Gasteiger charge is 2.65. The predicted molar refractivity (Wildman–Crippen MR) is 109 cm³/mol. The summed E-state index contributed by atoms with van der Waals surface area (Å²) in [5.74, 6) is 0. The van der Waals surface area contributed by atoms with Crippen LogP contribution in [0.1, 0.15) is 17.2 Å². The summed E-state index contributed by atoms with van der Waals surface area (Å²) in [4.78, 5) is 11.7. The summed E-state index contributed by atoms with van der Waals surface area (Å²) < 4.78 is 66.4. The monoisotopic (exact) mass is 467 g/mol. The van der Waals surface area contributed by atoms with E-state index >= 15 is 0 Å². The van der Waals surface area contributed by atoms with E-state index in [9.17, 15) is 29.3 Å². The Bertz CT molecular complexity index is 1000. The molecule has 4 N–H and O–H groups in total. The Labute approximate surface area is 175 Å². The number of halogens is 5. The number of aliphatic hydroxyl groups excluding tert-OH is 2. The Balaban J connectivity index is 1.91. The molecule has 0 fully saturated rings. The summed E-state index contributed by atoms with van der Waals surface area (Å²) in [6.07, 6.45) is -0.665. The summed E-state index contributed by atoms with van der Waals surface area (Å²) in [6.45, 7) is -0.364. The van der Waals surface area contributed by atoms with Gasteiger partial charge in [0.25, 0.3) is 0 Å². The van der Waals surface area contributed by atoms with Crippen molar-refractivity contribution in [2.45, 2.75) is 23.5 Å². The first kappa shape index (κ1) is 23.1. The second kappa shape index (κ2) is 7.24. The number of hydrogen-bond acceptors (Lipinski definition) is 4. The van der Waals surface area contributed by atoms with E-state index < -0.39 is 39.0 Å². The first-order valence-corrected chi connectivity index (χ1v) is 11.2. The van der Waals surface area contributed by atoms with Crippen LogP contribution in [-0.4, -0.2) is 42.5 Å². The first-order valence-electron chi connectivity index (χ1n) is 9.23. The molecular formula is C19H22F5N3O3S. The molecular weight excluding hydrogens is 445 g/mol. The minimum absolute atomic E-state index is 0.00201. The minimum Gasteiger partial charge on any atom is -0.395 e. The van der Waals surface area contributed by atoms with Crippen LogP contribution in [0, 0.1) is 0 Å². The van der Waals surface area contributed by atoms with Gasteiger partial charge in [-0.3, -0.25) is 0 Å². The van der Waals surface area contributed by atoms with Crippen LogP contribution in [0.2, 0.25) is 0 Å². The number of urea groups is 1. The molecule has 172 valence electrons. The summed E-state index contributed by atoms with van der Waals surface area (Å²) in [7, 11) is -8.56. The topological polar surface area (TPSA) is 84.8 Å². The molecule has 0 saturated heterocycles. The Hall–Kier alpha value is -2.57. The molecule has 0 aliphatic heterocycles. The SMILES string of the molecule is CN(CCO)c1ccc(S(F)(F)(F)(F)F)cc1NC(=O)N[C@@H]1c2ccccc2C[C@@H]1O. The number of fused-ring (bicyclic) bond motifs is 1. The van der Waals surface area contributed by atoms with Crippen molar-refractivity contribution in [3.63, 3.8) is 0 Å². The summed E-state index contributed by atoms with van der Waals surface area (Å²) in [5, 5.41) is 24.0. The van der Waals surface area contributed by atoms with E-state index in [1.807, 2.05) is 0 Å². The maximum Gasteiger partial charge on any atom is 0.319 e. The largest absolute Gasteiger partial charge is 0.395 e. The van der Waals surface area contributed by atoms with Gasteiger partial charge in [0.2, 0.25) is 0 Å². The third-order valence-corrected chi connectivity index (χ3v) is 6.14. The van der Waals surface area contributed by atoms with Crippen molar-refractivity contribution in [3.8, 4) is 0 Å². The van der Waals surface area contributed by atoms with Crippen LogP contribution in [0.15, 0.2) is 47.4 Å². The fourth-order valence-electron chi connectivity index (χ4n) is 3.51. The average molecular weight is 467 g/mol. The zero-order valence-electron chi connectivity index (χ0n) is 16.4. The van der Waals surface area contributed by atoms with Crippen molar-refractivity contribution < 1.29 is 34.4 Å². The molecule has 3 rings (SSSR count). The number of anilines is 2. The quantitative estimate of drug-likeness (QED) is 0.470. The molecule has 0 unspecified atom stereocenters. The molecule has 1 aliphatic rings. The molecule has 2 amide bonds. The van der Waals surface area contributed by atoms with Gasteiger partial charge in [0.1, 0.15) is 4.90 Å². The standard InChI is InChI=1S/C19H22F5N3O3S/c1-27(8-9-28)16-7-6-13(31(20,21,22,23)24)11-15(16)25-19(30)26-18-14-5-3-2-4-12(14)10-17(18)29/h2-7,11,17-18,28-29H,8-10H2,1H3,(H2,25,26,30)/t17-,18+/m0/s1. The fourth-order valence-corrected chi connectivity index (χ4v) is 4.17. The Morgan fingerprint density at radius 2 is 1.84 bits per heavy atom. The Morgan fingerprint density at radius 1 is 1.16 bits per heavy atom. The second-order valence-corrected chi connectivity index (χ2v) is 9.75. The molecule has 1 aliphatic carbocycles. The van der Waals surface area contributed by atoms with Crippen LogP contribution in [0.25, 0.3) is 0 Å². The van der Waals surface area contributed by atoms with Crippen molar-refractivity contribution in [2.75, 3.05) is 30.4 Å². The van der Waals surface area contributed by atoms with Gasteiger partial charge >= 0.3 is 16.3 Å². The molecule has 0 aromatic heterocycles. The van der Waals surface area contributed by atoms with Crippen LogP contribution in [0.5, 0.6) is 0 Å². The van der Waals surface area contributed by atoms with Gasteiger partial charge in [-0.15, -0.1) is 0 Å². The third kappa shape index (κ3) is 5.20. The Kier molecular flexibility index (Phi) is 5.40. The number of amides is 2. The second-order valence-electron chi connectivity index (χ2n) is 7.34. The molecule has 2 atom stereocenters. The summed E-state index contributed by atoms with van der Waals surface area (Å²) in [6, 6.07) is 6.38. The van der Waals surface area contributed by atoms with Gasteiger partial charge in [0.05, 0.1) is 30.1 Å². The van der Waals surface area contributed by atoms with E-state index in [1.165, 1.54) is 11.9 Å². The molecule has 0 radical (unpaired) electrons. The number of rotatable bonds is 6. The van der Waals surface area contributed by atoms with Crippen LogP contribution in [0.3, 0.4) is 0 Å². The van der Waals surface area contributed by atoms with E-state index in [-0.39, 0.29) is 37.4 Å². The molecule has 2 aromatic rings. The number of carbonyl (C=O) groups is 1. The van der Waals surface area contributed by atoms with Gasteiger partial charge in [0, 0.05) is 20.0 Å². The van der Waals surface area contributed by atoms with Gasteiger partial charge in [-0.25, -0.2) is 4.79 Å². The summed E-state index contributed by atoms with van der Waals surface area (Å²) in [5.41, 5.74) is 0.956. The lowest BCUT2D eigenvalue weighted by Crippen LogP contribution is -2.37. The molecule has 0 saturated carbocycles. The smallest absolute Gasteiger partial charge is 0.319 e. The van der Waals surface area contributed by atoms with Crippen molar-refractivity contribution in [3.05, 3.63) is 53.6 Å². The van der Waals surface area contributed by atoms with Crippen molar-refractivity contribution >= 4 is 27.6 Å². The maximum absolute atomic E-state index is 13.3. The molecule has 2 aromatic carbocycles. The highest BCUT2D eigenvalue weighted by atomic mass is 32.5. The summed E-state index contributed by atoms with van der Waals surface area (Å²) >= 11 is 0. The number of likely N-dealkylation sites (N-methyl/N-ethyl adjacent to an activating group) is 1. The van der Waals surface area contributed by atoms with Gasteiger partial charge in [-0.05, 0) is 29.3 Å². The molecule has 0 spiro atoms. The number of benzene rings is 2. The average Bonchev–Trinajstić information content (AvgIpc) is 2.95. The number of aliphatic hydroxyl groups is 2. The van der Waals surface area contributed by atoms with Gasteiger partial charge in [-0.2, -0.15) is 0 Å². The normalized spacial score (nSPS) is 20.4. The van der Waals surface area contributed by atoms with Gasteiger partial charge < -0.3 is 25.7 Å². The predicted octanol–water partition coefficient (Wildman–Crippen LogP) is 4.55. The lowest BCUT2D eigenvalue weighted by atomic mass is 10.1. The zero-order chi connectivity index (χ0) is 23.1. The van der Waals surface area contributed by atoms with E-state index in [0.29, 0.717) is 5.56 Å². The van der Waals surface area contributed by atoms with Crippen LogP contribution >= 0.6 is 10.2 Å². The molecule has 0 bridgehead atoms. The van der Waals surface area contributed by atoms with Crippen LogP contribution in [0.4, 0.5) is 35.6 Å². The van der Waals surface area contributed by atoms with Crippen molar-refractivity contribution in [1.29, 1.82) is 0 Å². The van der Waals surface area contributed by atoms with E-state index in [0.717, 1.165) is 11.6 Å². The minimum atomic E-state index is -9.98. The first-order chi connectivity index (χ1) is 14.2. The lowest BCUT2D eigenvalue weighted by molar-refractivity contribution is 0.144. The Morgan fingerprint density at radius 3 is 2.48 bits per heavy atom. The van der Waals surface area contributed by atoms with Crippen LogP contribution < -0.4 is 15.5 Å². The van der Waals surface area contributed by atoms with Crippen molar-refractivity contribution in [1.82, 2.24) is 5.32 Å². The number of nitrogens with zero attached hydrogens (tertiary/aromatic N) is 1. The molecule has 12 heteroatoms. The van der Waals surface area contributed by atoms with Crippen molar-refractivity contribution in [2.24, 2.45) is 0 Å². The fraction of sp³-hybridized carbons (Fsp3) is 0.316. The third-order valence-electron chi connectivity index (χ3n) is 5.00. The van der Waals surface area contributed by atoms with Crippen LogP contribution in [-0.2, 0) is 6.42 Å². The van der Waals surface area contributed by atoms with E-state index in [1.54, 1.807) is 24.3 Å². The maximum atomic E-state index is 13.3. The van der Waals surface area contributed by atoms with Gasteiger partial charge in [-0.1, -0.05) is 43.7 Å². The molecule has 0 heterocycles. The molecule has 31 heavy (non-hydrogen) atoms. The van der Waals surface area contributed by atoms with E-state index in [4.69, 9.17) is 5.11 Å². The number of hydrogen-bond donors (Lipinski definition) is 4. The molecule has 6 nitrogen and oxygen atoms in total. The zero-order valence-corrected chi connectivity index (χ0v) is 17.2. The highest BCUT2D eigenvalue weighted by molar-refractivity contribution is 8.45. The number of nitrogens with one attached hydrogen (secondary N) is 2. The lowest BCUT2D eigenvalue weighted by Gasteiger charge is -2.41. The van der Waals surface area contributed by atoms with E-state index in [2.05, 4.69) is 10.6 Å². The number of carbonyl (C=O) groups excluding carboxylic acids is 1. The van der Waals surface area contributed by atoms with Gasteiger partial charge in [0.15, 0.2) is 0 Å². The highest BCUT2D eigenvalue weighted by Crippen LogP contribution is 3.02.